The minimum Gasteiger partial charge on any atom is -0.481 e. The van der Waals surface area contributed by atoms with E-state index in [1.807, 2.05) is 0 Å². The Kier molecular flexibility index (Phi) is 10.7. The monoisotopic (exact) mass is 272 g/mol. The molecular weight excluding hydrogens is 256 g/mol. The highest BCUT2D eigenvalue weighted by molar-refractivity contribution is 5.87. The van der Waals surface area contributed by atoms with Gasteiger partial charge in [-0.15, -0.1) is 0 Å². The molecule has 0 amide bonds. The Morgan fingerprint density at radius 2 is 1.32 bits per heavy atom. The normalized spacial score (nSPS) is 9.84. The highest BCUT2D eigenvalue weighted by Crippen LogP contribution is 1.96. The van der Waals surface area contributed by atoms with Crippen LogP contribution in [0.5, 0.6) is 0 Å². The van der Waals surface area contributed by atoms with Gasteiger partial charge >= 0.3 is 11.9 Å². The average molecular weight is 272 g/mol. The molecule has 106 valence electrons. The predicted octanol–water partition coefficient (Wildman–Crippen LogP) is 0.927. The average Bonchev–Trinajstić information content (AvgIpc) is 2.30. The highest BCUT2D eigenvalue weighted by atomic mass is 16.4. The maximum absolute atomic E-state index is 10.2. The van der Waals surface area contributed by atoms with Crippen molar-refractivity contribution in [3.63, 3.8) is 0 Å². The summed E-state index contributed by atoms with van der Waals surface area (Å²) in [6.45, 7) is 2.28. The van der Waals surface area contributed by atoms with Gasteiger partial charge in [0.1, 0.15) is 6.10 Å². The van der Waals surface area contributed by atoms with E-state index in [0.29, 0.717) is 5.56 Å². The molecule has 0 saturated heterocycles. The van der Waals surface area contributed by atoms with Gasteiger partial charge in [0.2, 0.25) is 0 Å². The lowest BCUT2D eigenvalue weighted by atomic mass is 10.2. The molecule has 1 rings (SSSR count). The number of hydrogen-bond donors (Lipinski definition) is 4. The lowest BCUT2D eigenvalue weighted by molar-refractivity contribution is -0.145. The Balaban J connectivity index is 0. The zero-order valence-corrected chi connectivity index (χ0v) is 10.5. The number of aromatic carboxylic acids is 1. The van der Waals surface area contributed by atoms with Crippen LogP contribution >= 0.6 is 0 Å². The van der Waals surface area contributed by atoms with Gasteiger partial charge in [0.05, 0.1) is 5.56 Å². The molecule has 0 aromatic heterocycles. The van der Waals surface area contributed by atoms with E-state index in [9.17, 15) is 9.59 Å². The smallest absolute Gasteiger partial charge is 0.335 e. The van der Waals surface area contributed by atoms with Crippen molar-refractivity contribution in [1.82, 2.24) is 0 Å². The van der Waals surface area contributed by atoms with Crippen LogP contribution in [0, 0.1) is 0 Å². The Morgan fingerprint density at radius 1 is 1.00 bits per heavy atom. The van der Waals surface area contributed by atoms with E-state index in [4.69, 9.17) is 25.2 Å². The van der Waals surface area contributed by atoms with Gasteiger partial charge in [-0.3, -0.25) is 4.79 Å². The van der Waals surface area contributed by atoms with Gasteiger partial charge in [0, 0.05) is 6.92 Å². The number of carboxylic acids is 3. The number of carbonyl (C=O) groups is 3. The lowest BCUT2D eigenvalue weighted by Gasteiger charge is -1.89. The maximum atomic E-state index is 10.2. The topological polar surface area (TPSA) is 132 Å². The Bertz CT molecular complexity index is 394. The number of benzene rings is 1. The van der Waals surface area contributed by atoms with Crippen molar-refractivity contribution >= 4 is 17.9 Å². The molecule has 19 heavy (non-hydrogen) atoms. The predicted molar refractivity (Wildman–Crippen MR) is 66.0 cm³/mol. The molecule has 7 nitrogen and oxygen atoms in total. The number of aliphatic hydroxyl groups is 1. The van der Waals surface area contributed by atoms with Crippen molar-refractivity contribution in [2.45, 2.75) is 20.0 Å². The minimum atomic E-state index is -1.23. The number of aliphatic carboxylic acids is 2. The zero-order valence-electron chi connectivity index (χ0n) is 10.5. The summed E-state index contributed by atoms with van der Waals surface area (Å²) < 4.78 is 0. The summed E-state index contributed by atoms with van der Waals surface area (Å²) >= 11 is 0. The molecule has 1 unspecified atom stereocenters. The van der Waals surface area contributed by atoms with Crippen molar-refractivity contribution in [2.24, 2.45) is 0 Å². The van der Waals surface area contributed by atoms with Crippen LogP contribution in [0.2, 0.25) is 0 Å². The Hall–Kier alpha value is -2.41. The van der Waals surface area contributed by atoms with Crippen molar-refractivity contribution in [2.75, 3.05) is 0 Å². The third kappa shape index (κ3) is 15.6. The minimum absolute atomic E-state index is 0.331. The third-order valence-electron chi connectivity index (χ3n) is 1.38. The highest BCUT2D eigenvalue weighted by Gasteiger charge is 2.01. The summed E-state index contributed by atoms with van der Waals surface area (Å²) in [5.74, 6) is -2.90. The van der Waals surface area contributed by atoms with Gasteiger partial charge in [0.25, 0.3) is 5.97 Å². The standard InChI is InChI=1S/C7H6O2.C3H6O3.C2H4O2/c8-7(9)6-4-2-1-3-5-6;1-2(4)3(5)6;1-2(3)4/h1-5H,(H,8,9);2,4H,1H3,(H,5,6);1H3,(H,3,4). The first-order valence-corrected chi connectivity index (χ1v) is 5.07. The lowest BCUT2D eigenvalue weighted by Crippen LogP contribution is -2.13. The van der Waals surface area contributed by atoms with Crippen molar-refractivity contribution in [1.29, 1.82) is 0 Å². The number of hydrogen-bond acceptors (Lipinski definition) is 4. The van der Waals surface area contributed by atoms with Crippen molar-refractivity contribution in [3.8, 4) is 0 Å². The van der Waals surface area contributed by atoms with E-state index in [0.717, 1.165) is 6.92 Å². The summed E-state index contributed by atoms with van der Waals surface area (Å²) in [5, 5.41) is 31.6. The van der Waals surface area contributed by atoms with Crippen LogP contribution in [-0.2, 0) is 9.59 Å². The fraction of sp³-hybridized carbons (Fsp3) is 0.250. The number of carboxylic acid groups (broad SMARTS) is 3. The summed E-state index contributed by atoms with van der Waals surface area (Å²) in [5.41, 5.74) is 0.331. The van der Waals surface area contributed by atoms with Crippen molar-refractivity contribution in [3.05, 3.63) is 35.9 Å². The van der Waals surface area contributed by atoms with E-state index < -0.39 is 24.0 Å². The molecule has 0 saturated carbocycles. The van der Waals surface area contributed by atoms with E-state index >= 15 is 0 Å². The van der Waals surface area contributed by atoms with Gasteiger partial charge in [-0.05, 0) is 19.1 Å². The molecule has 0 bridgehead atoms. The van der Waals surface area contributed by atoms with E-state index in [1.165, 1.54) is 6.92 Å². The molecular formula is C12H16O7. The van der Waals surface area contributed by atoms with E-state index in [-0.39, 0.29) is 0 Å². The summed E-state index contributed by atoms with van der Waals surface area (Å²) in [4.78, 5) is 28.6. The molecule has 0 heterocycles. The van der Waals surface area contributed by atoms with Crippen molar-refractivity contribution < 1.29 is 34.8 Å². The SMILES string of the molecule is CC(=O)O.CC(O)C(=O)O.O=C(O)c1ccccc1. The molecule has 0 aliphatic carbocycles. The molecule has 1 atom stereocenters. The van der Waals surface area contributed by atoms with Gasteiger partial charge in [0.15, 0.2) is 0 Å². The first-order chi connectivity index (χ1) is 8.68. The number of aliphatic hydroxyl groups excluding tert-OH is 1. The summed E-state index contributed by atoms with van der Waals surface area (Å²) in [7, 11) is 0. The third-order valence-corrected chi connectivity index (χ3v) is 1.38. The number of rotatable bonds is 2. The van der Waals surface area contributed by atoms with Crippen LogP contribution in [0.15, 0.2) is 30.3 Å². The molecule has 1 aromatic rings. The van der Waals surface area contributed by atoms with Crippen LogP contribution in [0.3, 0.4) is 0 Å². The van der Waals surface area contributed by atoms with Crippen LogP contribution in [-0.4, -0.2) is 44.4 Å². The molecule has 7 heteroatoms. The molecule has 4 N–H and O–H groups in total. The van der Waals surface area contributed by atoms with Crippen LogP contribution in [0.25, 0.3) is 0 Å². The molecule has 0 aliphatic rings. The first-order valence-electron chi connectivity index (χ1n) is 5.07. The van der Waals surface area contributed by atoms with Gasteiger partial charge in [-0.1, -0.05) is 18.2 Å². The zero-order chi connectivity index (χ0) is 15.4. The second-order valence-electron chi connectivity index (χ2n) is 3.20. The largest absolute Gasteiger partial charge is 0.481 e. The molecule has 0 radical (unpaired) electrons. The van der Waals surface area contributed by atoms with Gasteiger partial charge < -0.3 is 20.4 Å². The quantitative estimate of drug-likeness (QED) is 0.629. The Morgan fingerprint density at radius 3 is 1.47 bits per heavy atom. The Labute approximate surface area is 109 Å². The van der Waals surface area contributed by atoms with Gasteiger partial charge in [-0.2, -0.15) is 0 Å². The van der Waals surface area contributed by atoms with E-state index in [1.54, 1.807) is 30.3 Å². The fourth-order valence-corrected chi connectivity index (χ4v) is 0.581. The fourth-order valence-electron chi connectivity index (χ4n) is 0.581. The molecule has 0 fully saturated rings. The first kappa shape index (κ1) is 18.9. The maximum Gasteiger partial charge on any atom is 0.335 e. The molecule has 0 aliphatic heterocycles. The van der Waals surface area contributed by atoms with E-state index in [2.05, 4.69) is 0 Å². The van der Waals surface area contributed by atoms with Crippen LogP contribution in [0.4, 0.5) is 0 Å². The second-order valence-corrected chi connectivity index (χ2v) is 3.20. The summed E-state index contributed by atoms with van der Waals surface area (Å²) in [6.07, 6.45) is -1.23. The second kappa shape index (κ2) is 10.7. The summed E-state index contributed by atoms with van der Waals surface area (Å²) in [6, 6.07) is 8.30. The van der Waals surface area contributed by atoms with Gasteiger partial charge in [-0.25, -0.2) is 9.59 Å². The molecule has 0 spiro atoms. The van der Waals surface area contributed by atoms with Crippen LogP contribution < -0.4 is 0 Å². The molecule has 1 aromatic carbocycles. The van der Waals surface area contributed by atoms with Crippen LogP contribution in [0.1, 0.15) is 24.2 Å².